The molecule has 1 saturated carbocycles. The van der Waals surface area contributed by atoms with Crippen LogP contribution in [-0.4, -0.2) is 24.8 Å². The number of aromatic carboxylic acids is 1. The molecule has 3 rings (SSSR count). The fourth-order valence-corrected chi connectivity index (χ4v) is 2.20. The maximum Gasteiger partial charge on any atom is 0.375 e. The van der Waals surface area contributed by atoms with Gasteiger partial charge in [-0.3, -0.25) is 0 Å². The van der Waals surface area contributed by atoms with Crippen molar-refractivity contribution in [2.45, 2.75) is 19.3 Å². The van der Waals surface area contributed by atoms with Crippen LogP contribution in [0.1, 0.15) is 29.8 Å². The minimum Gasteiger partial charge on any atom is -0.497 e. The molecule has 20 heavy (non-hydrogen) atoms. The first-order valence-corrected chi connectivity index (χ1v) is 6.65. The molecule has 1 aliphatic carbocycles. The van der Waals surface area contributed by atoms with Crippen LogP contribution in [0.15, 0.2) is 22.6 Å². The van der Waals surface area contributed by atoms with E-state index < -0.39 is 5.97 Å². The molecule has 0 amide bonds. The Morgan fingerprint density at radius 1 is 1.45 bits per heavy atom. The molecule has 1 fully saturated rings. The fourth-order valence-electron chi connectivity index (χ4n) is 2.20. The van der Waals surface area contributed by atoms with Crippen LogP contribution in [0.4, 0.5) is 0 Å². The normalized spacial score (nSPS) is 14.4. The third-order valence-corrected chi connectivity index (χ3v) is 3.51. The average Bonchev–Trinajstić information content (AvgIpc) is 3.19. The molecule has 5 nitrogen and oxygen atoms in total. The van der Waals surface area contributed by atoms with Gasteiger partial charge in [0.1, 0.15) is 11.3 Å². The highest BCUT2D eigenvalue weighted by molar-refractivity contribution is 5.98. The minimum atomic E-state index is -1.12. The summed E-state index contributed by atoms with van der Waals surface area (Å²) in [5.74, 6) is 0.399. The molecule has 0 saturated heterocycles. The molecule has 1 N–H and O–H groups in total. The minimum absolute atomic E-state index is 0.149. The summed E-state index contributed by atoms with van der Waals surface area (Å²) in [6.07, 6.45) is 3.44. The number of furan rings is 1. The molecule has 1 heterocycles. The van der Waals surface area contributed by atoms with Crippen LogP contribution in [0.2, 0.25) is 0 Å². The fraction of sp³-hybridized carbons (Fsp3) is 0.400. The van der Waals surface area contributed by atoms with Crippen LogP contribution in [0.25, 0.3) is 11.0 Å². The lowest BCUT2D eigenvalue weighted by Crippen LogP contribution is -2.03. The highest BCUT2D eigenvalue weighted by Gasteiger charge is 2.24. The van der Waals surface area contributed by atoms with Crippen LogP contribution in [-0.2, 0) is 0 Å². The van der Waals surface area contributed by atoms with Crippen LogP contribution in [0.3, 0.4) is 0 Å². The summed E-state index contributed by atoms with van der Waals surface area (Å²) in [6.45, 7) is 0.511. The smallest absolute Gasteiger partial charge is 0.375 e. The Hall–Kier alpha value is -2.17. The van der Waals surface area contributed by atoms with Crippen molar-refractivity contribution in [1.82, 2.24) is 0 Å². The summed E-state index contributed by atoms with van der Waals surface area (Å²) in [7, 11) is 1.56. The van der Waals surface area contributed by atoms with Crippen molar-refractivity contribution in [3.05, 3.63) is 24.0 Å². The number of carbonyl (C=O) groups is 1. The Morgan fingerprint density at radius 3 is 2.90 bits per heavy atom. The van der Waals surface area contributed by atoms with E-state index in [1.807, 2.05) is 0 Å². The van der Waals surface area contributed by atoms with Gasteiger partial charge in [0.05, 0.1) is 19.1 Å². The topological polar surface area (TPSA) is 68.9 Å². The number of benzene rings is 1. The van der Waals surface area contributed by atoms with Gasteiger partial charge in [0, 0.05) is 0 Å². The number of ether oxygens (including phenoxy) is 2. The molecule has 1 aromatic heterocycles. The van der Waals surface area contributed by atoms with Gasteiger partial charge in [0.25, 0.3) is 5.76 Å². The van der Waals surface area contributed by atoms with Crippen LogP contribution < -0.4 is 9.47 Å². The molecule has 5 heteroatoms. The standard InChI is InChI=1S/C15H16O5/c1-18-10-4-5-12-11(8-10)13(14(20-12)15(16)17)19-7-6-9-2-3-9/h4-5,8-9H,2-3,6-7H2,1H3,(H,16,17). The lowest BCUT2D eigenvalue weighted by atomic mass is 10.2. The molecule has 0 radical (unpaired) electrons. The maximum absolute atomic E-state index is 11.3. The molecule has 2 aromatic rings. The van der Waals surface area contributed by atoms with E-state index in [4.69, 9.17) is 13.9 Å². The summed E-state index contributed by atoms with van der Waals surface area (Å²) in [5, 5.41) is 9.85. The zero-order chi connectivity index (χ0) is 14.1. The molecule has 1 aromatic carbocycles. The number of rotatable bonds is 6. The lowest BCUT2D eigenvalue weighted by molar-refractivity contribution is 0.0658. The SMILES string of the molecule is COc1ccc2oc(C(=O)O)c(OCCC3CC3)c2c1. The number of hydrogen-bond donors (Lipinski definition) is 1. The lowest BCUT2D eigenvalue weighted by Gasteiger charge is -2.05. The van der Waals surface area contributed by atoms with Crippen molar-refractivity contribution < 1.29 is 23.8 Å². The second-order valence-electron chi connectivity index (χ2n) is 5.01. The van der Waals surface area contributed by atoms with E-state index in [1.54, 1.807) is 25.3 Å². The predicted molar refractivity (Wildman–Crippen MR) is 72.6 cm³/mol. The Morgan fingerprint density at radius 2 is 2.25 bits per heavy atom. The first kappa shape index (κ1) is 12.8. The van der Waals surface area contributed by atoms with E-state index >= 15 is 0 Å². The zero-order valence-electron chi connectivity index (χ0n) is 11.2. The highest BCUT2D eigenvalue weighted by Crippen LogP contribution is 2.37. The van der Waals surface area contributed by atoms with Gasteiger partial charge in [0.2, 0.25) is 0 Å². The molecule has 106 valence electrons. The van der Waals surface area contributed by atoms with Crippen molar-refractivity contribution in [2.75, 3.05) is 13.7 Å². The van der Waals surface area contributed by atoms with Crippen molar-refractivity contribution in [2.24, 2.45) is 5.92 Å². The number of fused-ring (bicyclic) bond motifs is 1. The van der Waals surface area contributed by atoms with Gasteiger partial charge in [-0.25, -0.2) is 4.79 Å². The Labute approximate surface area is 116 Å². The van der Waals surface area contributed by atoms with Gasteiger partial charge in [-0.05, 0) is 30.5 Å². The monoisotopic (exact) mass is 276 g/mol. The van der Waals surface area contributed by atoms with Crippen molar-refractivity contribution in [1.29, 1.82) is 0 Å². The van der Waals surface area contributed by atoms with Crippen molar-refractivity contribution in [3.63, 3.8) is 0 Å². The van der Waals surface area contributed by atoms with Gasteiger partial charge >= 0.3 is 5.97 Å². The van der Waals surface area contributed by atoms with Crippen LogP contribution >= 0.6 is 0 Å². The van der Waals surface area contributed by atoms with Crippen molar-refractivity contribution >= 4 is 16.9 Å². The molecule has 0 unspecified atom stereocenters. The summed E-state index contributed by atoms with van der Waals surface area (Å²) < 4.78 is 16.2. The van der Waals surface area contributed by atoms with Gasteiger partial charge in [-0.1, -0.05) is 12.8 Å². The van der Waals surface area contributed by atoms with E-state index in [0.717, 1.165) is 12.3 Å². The number of methoxy groups -OCH3 is 1. The Bertz CT molecular complexity index is 639. The summed E-state index contributed by atoms with van der Waals surface area (Å²) in [6, 6.07) is 5.15. The van der Waals surface area contributed by atoms with Gasteiger partial charge < -0.3 is 19.0 Å². The summed E-state index contributed by atoms with van der Waals surface area (Å²) >= 11 is 0. The largest absolute Gasteiger partial charge is 0.497 e. The number of carboxylic acid groups (broad SMARTS) is 1. The second-order valence-corrected chi connectivity index (χ2v) is 5.01. The molecule has 0 aliphatic heterocycles. The third-order valence-electron chi connectivity index (χ3n) is 3.51. The quantitative estimate of drug-likeness (QED) is 0.876. The molecular weight excluding hydrogens is 260 g/mol. The van der Waals surface area contributed by atoms with Gasteiger partial charge in [-0.15, -0.1) is 0 Å². The number of carboxylic acids is 1. The molecule has 0 bridgehead atoms. The zero-order valence-corrected chi connectivity index (χ0v) is 11.2. The average molecular weight is 276 g/mol. The maximum atomic E-state index is 11.3. The van der Waals surface area contributed by atoms with Gasteiger partial charge in [0.15, 0.2) is 5.75 Å². The first-order valence-electron chi connectivity index (χ1n) is 6.65. The predicted octanol–water partition coefficient (Wildman–Crippen LogP) is 3.32. The van der Waals surface area contributed by atoms with E-state index in [2.05, 4.69) is 0 Å². The second kappa shape index (κ2) is 5.07. The van der Waals surface area contributed by atoms with Crippen molar-refractivity contribution in [3.8, 4) is 11.5 Å². The van der Waals surface area contributed by atoms with E-state index in [0.29, 0.717) is 29.1 Å². The molecular formula is C15H16O5. The summed E-state index contributed by atoms with van der Waals surface area (Å²) in [5.41, 5.74) is 0.490. The number of hydrogen-bond acceptors (Lipinski definition) is 4. The van der Waals surface area contributed by atoms with Crippen LogP contribution in [0.5, 0.6) is 11.5 Å². The highest BCUT2D eigenvalue weighted by atomic mass is 16.5. The molecule has 0 atom stereocenters. The molecule has 0 spiro atoms. The summed E-state index contributed by atoms with van der Waals surface area (Å²) in [4.78, 5) is 11.3. The third kappa shape index (κ3) is 2.43. The first-order chi connectivity index (χ1) is 9.69. The van der Waals surface area contributed by atoms with E-state index in [1.165, 1.54) is 12.8 Å². The van der Waals surface area contributed by atoms with E-state index in [9.17, 15) is 9.90 Å². The molecule has 1 aliphatic rings. The van der Waals surface area contributed by atoms with E-state index in [-0.39, 0.29) is 5.76 Å². The Balaban J connectivity index is 1.94. The Kier molecular flexibility index (Phi) is 3.26. The van der Waals surface area contributed by atoms with Crippen LogP contribution in [0, 0.1) is 5.92 Å². The van der Waals surface area contributed by atoms with Gasteiger partial charge in [-0.2, -0.15) is 0 Å².